The molecule has 0 amide bonds. The second kappa shape index (κ2) is 6.31. The lowest BCUT2D eigenvalue weighted by Crippen LogP contribution is -2.22. The minimum atomic E-state index is -4.46. The molecule has 2 rings (SSSR count). The van der Waals surface area contributed by atoms with E-state index in [9.17, 15) is 18.3 Å². The highest BCUT2D eigenvalue weighted by Gasteiger charge is 2.31. The molecule has 0 spiro atoms. The fourth-order valence-electron chi connectivity index (χ4n) is 1.67. The highest BCUT2D eigenvalue weighted by molar-refractivity contribution is 6.18. The third-order valence-electron chi connectivity index (χ3n) is 2.70. The summed E-state index contributed by atoms with van der Waals surface area (Å²) in [6.07, 6.45) is -2.69. The van der Waals surface area contributed by atoms with Crippen molar-refractivity contribution in [2.24, 2.45) is 0 Å². The Balaban J connectivity index is 2.36. The summed E-state index contributed by atoms with van der Waals surface area (Å²) in [7, 11) is 0. The van der Waals surface area contributed by atoms with Gasteiger partial charge >= 0.3 is 6.18 Å². The van der Waals surface area contributed by atoms with Crippen LogP contribution in [0.15, 0.2) is 30.9 Å². The van der Waals surface area contributed by atoms with E-state index in [1.807, 2.05) is 0 Å². The molecule has 0 aliphatic heterocycles. The van der Waals surface area contributed by atoms with E-state index < -0.39 is 17.8 Å². The zero-order chi connectivity index (χ0) is 15.5. The van der Waals surface area contributed by atoms with Gasteiger partial charge in [0.15, 0.2) is 0 Å². The first-order chi connectivity index (χ1) is 9.91. The Morgan fingerprint density at radius 2 is 2.14 bits per heavy atom. The predicted octanol–water partition coefficient (Wildman–Crippen LogP) is 2.30. The highest BCUT2D eigenvalue weighted by Crippen LogP contribution is 2.33. The Bertz CT molecular complexity index is 589. The molecule has 9 heteroatoms. The van der Waals surface area contributed by atoms with Crippen molar-refractivity contribution < 1.29 is 18.3 Å². The Labute approximate surface area is 123 Å². The van der Waals surface area contributed by atoms with Gasteiger partial charge in [0.1, 0.15) is 12.7 Å². The van der Waals surface area contributed by atoms with Crippen LogP contribution in [-0.4, -0.2) is 38.4 Å². The van der Waals surface area contributed by atoms with Gasteiger partial charge in [-0.15, -0.1) is 11.6 Å². The quantitative estimate of drug-likeness (QED) is 0.830. The van der Waals surface area contributed by atoms with Gasteiger partial charge in [-0.2, -0.15) is 18.3 Å². The fraction of sp³-hybridized carbons (Fsp3) is 0.333. The van der Waals surface area contributed by atoms with Crippen molar-refractivity contribution in [3.05, 3.63) is 36.4 Å². The molecule has 2 aromatic rings. The van der Waals surface area contributed by atoms with Crippen molar-refractivity contribution in [1.82, 2.24) is 14.8 Å². The normalized spacial score (nSPS) is 13.2. The zero-order valence-electron chi connectivity index (χ0n) is 10.7. The molecule has 0 saturated carbocycles. The smallest absolute Gasteiger partial charge is 0.390 e. The molecule has 2 N–H and O–H groups in total. The van der Waals surface area contributed by atoms with Crippen LogP contribution < -0.4 is 5.32 Å². The SMILES string of the molecule is OC(CCl)CNc1cc(C(F)(F)F)ccc1-n1cncn1. The number of aliphatic hydroxyl groups excluding tert-OH is 1. The van der Waals surface area contributed by atoms with Gasteiger partial charge in [0, 0.05) is 6.54 Å². The average molecular weight is 321 g/mol. The Morgan fingerprint density at radius 3 is 2.71 bits per heavy atom. The number of anilines is 1. The molecule has 21 heavy (non-hydrogen) atoms. The van der Waals surface area contributed by atoms with Crippen molar-refractivity contribution >= 4 is 17.3 Å². The summed E-state index contributed by atoms with van der Waals surface area (Å²) in [5.41, 5.74) is -0.226. The molecule has 1 aromatic heterocycles. The number of aromatic nitrogens is 3. The van der Waals surface area contributed by atoms with Crippen LogP contribution in [-0.2, 0) is 6.18 Å². The molecule has 114 valence electrons. The van der Waals surface area contributed by atoms with E-state index in [-0.39, 0.29) is 18.1 Å². The predicted molar refractivity (Wildman–Crippen MR) is 71.6 cm³/mol. The number of hydrogen-bond donors (Lipinski definition) is 2. The number of nitrogens with zero attached hydrogens (tertiary/aromatic N) is 3. The molecule has 0 radical (unpaired) electrons. The molecule has 5 nitrogen and oxygen atoms in total. The summed E-state index contributed by atoms with van der Waals surface area (Å²) in [6.45, 7) is 0.0203. The number of nitrogens with one attached hydrogen (secondary N) is 1. The average Bonchev–Trinajstić information content (AvgIpc) is 2.97. The third kappa shape index (κ3) is 3.85. The van der Waals surface area contributed by atoms with E-state index >= 15 is 0 Å². The monoisotopic (exact) mass is 320 g/mol. The number of alkyl halides is 4. The van der Waals surface area contributed by atoms with Crippen LogP contribution in [0.5, 0.6) is 0 Å². The topological polar surface area (TPSA) is 63.0 Å². The van der Waals surface area contributed by atoms with Gasteiger partial charge in [-0.3, -0.25) is 0 Å². The number of benzene rings is 1. The molecular formula is C12H12ClF3N4O. The van der Waals surface area contributed by atoms with Crippen molar-refractivity contribution in [3.8, 4) is 5.69 Å². The van der Waals surface area contributed by atoms with Gasteiger partial charge in [-0.1, -0.05) is 0 Å². The standard InChI is InChI=1S/C12H12ClF3N4O/c13-4-9(21)5-18-10-3-8(12(14,15)16)1-2-11(10)20-7-17-6-19-20/h1-3,6-7,9,18,21H,4-5H2. The van der Waals surface area contributed by atoms with Gasteiger partial charge in [-0.05, 0) is 18.2 Å². The van der Waals surface area contributed by atoms with Crippen LogP contribution in [0.2, 0.25) is 0 Å². The number of hydrogen-bond acceptors (Lipinski definition) is 4. The van der Waals surface area contributed by atoms with E-state index in [4.69, 9.17) is 11.6 Å². The van der Waals surface area contributed by atoms with Crippen LogP contribution in [0.25, 0.3) is 5.69 Å². The molecule has 1 aromatic carbocycles. The van der Waals surface area contributed by atoms with E-state index in [1.165, 1.54) is 23.4 Å². The minimum absolute atomic E-state index is 0.0203. The van der Waals surface area contributed by atoms with Gasteiger partial charge in [0.05, 0.1) is 28.9 Å². The summed E-state index contributed by atoms with van der Waals surface area (Å²) in [4.78, 5) is 3.75. The van der Waals surface area contributed by atoms with Crippen LogP contribution in [0.4, 0.5) is 18.9 Å². The third-order valence-corrected chi connectivity index (χ3v) is 3.05. The molecule has 0 fully saturated rings. The highest BCUT2D eigenvalue weighted by atomic mass is 35.5. The van der Waals surface area contributed by atoms with Gasteiger partial charge in [-0.25, -0.2) is 9.67 Å². The summed E-state index contributed by atoms with van der Waals surface area (Å²) >= 11 is 5.46. The van der Waals surface area contributed by atoms with Crippen LogP contribution in [0.3, 0.4) is 0 Å². The summed E-state index contributed by atoms with van der Waals surface area (Å²) < 4.78 is 39.7. The van der Waals surface area contributed by atoms with E-state index in [2.05, 4.69) is 15.4 Å². The fourth-order valence-corrected chi connectivity index (χ4v) is 1.78. The molecule has 1 atom stereocenters. The maximum atomic E-state index is 12.8. The van der Waals surface area contributed by atoms with Crippen molar-refractivity contribution in [2.75, 3.05) is 17.7 Å². The van der Waals surface area contributed by atoms with Crippen LogP contribution in [0.1, 0.15) is 5.56 Å². The summed E-state index contributed by atoms with van der Waals surface area (Å²) in [5, 5.41) is 16.0. The second-order valence-electron chi connectivity index (χ2n) is 4.26. The van der Waals surface area contributed by atoms with E-state index in [1.54, 1.807) is 0 Å². The van der Waals surface area contributed by atoms with Gasteiger partial charge < -0.3 is 10.4 Å². The van der Waals surface area contributed by atoms with Crippen molar-refractivity contribution in [3.63, 3.8) is 0 Å². The molecule has 0 aliphatic carbocycles. The number of rotatable bonds is 5. The van der Waals surface area contributed by atoms with Crippen LogP contribution in [0, 0.1) is 0 Å². The van der Waals surface area contributed by atoms with E-state index in [0.717, 1.165) is 12.1 Å². The van der Waals surface area contributed by atoms with Gasteiger partial charge in [0.25, 0.3) is 0 Å². The molecular weight excluding hydrogens is 309 g/mol. The molecule has 0 aliphatic rings. The molecule has 0 bridgehead atoms. The van der Waals surface area contributed by atoms with Crippen molar-refractivity contribution in [2.45, 2.75) is 12.3 Å². The number of halogens is 4. The van der Waals surface area contributed by atoms with Crippen molar-refractivity contribution in [1.29, 1.82) is 0 Å². The maximum absolute atomic E-state index is 12.8. The Hall–Kier alpha value is -1.80. The summed E-state index contributed by atoms with van der Waals surface area (Å²) in [5.74, 6) is -0.0232. The lowest BCUT2D eigenvalue weighted by molar-refractivity contribution is -0.137. The first kappa shape index (κ1) is 15.6. The van der Waals surface area contributed by atoms with Crippen LogP contribution >= 0.6 is 11.6 Å². The Kier molecular flexibility index (Phi) is 4.69. The summed E-state index contributed by atoms with van der Waals surface area (Å²) in [6, 6.07) is 3.20. The Morgan fingerprint density at radius 1 is 1.38 bits per heavy atom. The molecule has 1 unspecified atom stereocenters. The first-order valence-electron chi connectivity index (χ1n) is 5.96. The molecule has 0 saturated heterocycles. The largest absolute Gasteiger partial charge is 0.416 e. The maximum Gasteiger partial charge on any atom is 0.416 e. The first-order valence-corrected chi connectivity index (χ1v) is 6.49. The lowest BCUT2D eigenvalue weighted by Gasteiger charge is -2.16. The molecule has 1 heterocycles. The van der Waals surface area contributed by atoms with E-state index in [0.29, 0.717) is 5.69 Å². The second-order valence-corrected chi connectivity index (χ2v) is 4.57. The lowest BCUT2D eigenvalue weighted by atomic mass is 10.1. The zero-order valence-corrected chi connectivity index (χ0v) is 11.4. The number of aliphatic hydroxyl groups is 1. The van der Waals surface area contributed by atoms with Gasteiger partial charge in [0.2, 0.25) is 0 Å². The minimum Gasteiger partial charge on any atom is -0.390 e.